The lowest BCUT2D eigenvalue weighted by molar-refractivity contribution is 0.669. The van der Waals surface area contributed by atoms with Crippen LogP contribution in [0.15, 0.2) is 186 Å². The summed E-state index contributed by atoms with van der Waals surface area (Å²) in [4.78, 5) is 0. The van der Waals surface area contributed by atoms with E-state index in [2.05, 4.69) is 176 Å². The fraction of sp³-hybridized carbons (Fsp3) is 0.0400. The van der Waals surface area contributed by atoms with Crippen LogP contribution in [0.4, 0.5) is 0 Å². The number of benzene rings is 8. The largest absolute Gasteiger partial charge is 0.456 e. The van der Waals surface area contributed by atoms with Gasteiger partial charge >= 0.3 is 0 Å². The van der Waals surface area contributed by atoms with E-state index >= 15 is 0 Å². The predicted molar refractivity (Wildman–Crippen MR) is 210 cm³/mol. The zero-order valence-electron chi connectivity index (χ0n) is 27.9. The molecular formula is C50H32O. The van der Waals surface area contributed by atoms with Crippen LogP contribution in [0.2, 0.25) is 0 Å². The van der Waals surface area contributed by atoms with Crippen LogP contribution in [0.25, 0.3) is 66.4 Å². The zero-order valence-corrected chi connectivity index (χ0v) is 27.9. The number of fused-ring (bicyclic) bond motifs is 9. The van der Waals surface area contributed by atoms with Crippen molar-refractivity contribution in [2.75, 3.05) is 0 Å². The van der Waals surface area contributed by atoms with E-state index in [1.54, 1.807) is 0 Å². The van der Waals surface area contributed by atoms with Crippen molar-refractivity contribution in [1.29, 1.82) is 0 Å². The van der Waals surface area contributed by atoms with Gasteiger partial charge in [-0.15, -0.1) is 0 Å². The Morgan fingerprint density at radius 3 is 1.57 bits per heavy atom. The van der Waals surface area contributed by atoms with Gasteiger partial charge in [0.15, 0.2) is 0 Å². The van der Waals surface area contributed by atoms with Crippen LogP contribution in [-0.4, -0.2) is 0 Å². The fourth-order valence-electron chi connectivity index (χ4n) is 9.04. The van der Waals surface area contributed by atoms with Crippen molar-refractivity contribution in [1.82, 2.24) is 0 Å². The minimum absolute atomic E-state index is 0.132. The molecule has 238 valence electrons. The number of hydrogen-bond donors (Lipinski definition) is 0. The molecule has 0 spiro atoms. The van der Waals surface area contributed by atoms with Gasteiger partial charge in [-0.25, -0.2) is 0 Å². The molecule has 1 nitrogen and oxygen atoms in total. The van der Waals surface area contributed by atoms with E-state index in [4.69, 9.17) is 4.42 Å². The predicted octanol–water partition coefficient (Wildman–Crippen LogP) is 13.2. The van der Waals surface area contributed by atoms with E-state index in [0.29, 0.717) is 0 Å². The molecule has 0 fully saturated rings. The number of furan rings is 1. The Hall–Kier alpha value is -6.44. The summed E-state index contributed by atoms with van der Waals surface area (Å²) in [5.74, 6) is 0.357. The average molecular weight is 649 g/mol. The van der Waals surface area contributed by atoms with Gasteiger partial charge in [-0.1, -0.05) is 158 Å². The Morgan fingerprint density at radius 2 is 0.843 bits per heavy atom. The molecule has 2 aliphatic carbocycles. The summed E-state index contributed by atoms with van der Waals surface area (Å²) in [6, 6.07) is 67.0. The van der Waals surface area contributed by atoms with E-state index in [9.17, 15) is 0 Å². The summed E-state index contributed by atoms with van der Waals surface area (Å²) < 4.78 is 6.27. The molecule has 0 saturated heterocycles. The monoisotopic (exact) mass is 648 g/mol. The Labute approximate surface area is 297 Å². The van der Waals surface area contributed by atoms with Crippen LogP contribution in [0.1, 0.15) is 45.2 Å². The maximum atomic E-state index is 6.27. The highest BCUT2D eigenvalue weighted by atomic mass is 16.3. The molecule has 0 saturated carbocycles. The van der Waals surface area contributed by atoms with Gasteiger partial charge in [0.1, 0.15) is 11.2 Å². The molecule has 8 aromatic carbocycles. The Morgan fingerprint density at radius 1 is 0.314 bits per heavy atom. The highest BCUT2D eigenvalue weighted by Crippen LogP contribution is 2.52. The fourth-order valence-corrected chi connectivity index (χ4v) is 9.04. The van der Waals surface area contributed by atoms with Crippen LogP contribution >= 0.6 is 0 Å². The molecule has 9 aromatic rings. The molecule has 0 bridgehead atoms. The van der Waals surface area contributed by atoms with Crippen molar-refractivity contribution in [3.8, 4) is 44.5 Å². The highest BCUT2D eigenvalue weighted by molar-refractivity contribution is 6.12. The third kappa shape index (κ3) is 4.28. The van der Waals surface area contributed by atoms with Gasteiger partial charge in [0.2, 0.25) is 0 Å². The molecule has 1 aromatic heterocycles. The molecule has 0 aliphatic heterocycles. The number of rotatable bonds is 4. The van der Waals surface area contributed by atoms with Crippen LogP contribution < -0.4 is 0 Å². The highest BCUT2D eigenvalue weighted by Gasteiger charge is 2.32. The quantitative estimate of drug-likeness (QED) is 0.185. The van der Waals surface area contributed by atoms with E-state index in [0.717, 1.165) is 16.6 Å². The SMILES string of the molecule is c1ccc(C2c3ccccc3-c3ccc(-c4ccc5c(c4)C(c4cccc(-c6cccc7oc8ccccc8c67)c4)c4ccccc4-5)cc32)cc1. The van der Waals surface area contributed by atoms with E-state index in [1.807, 2.05) is 6.07 Å². The van der Waals surface area contributed by atoms with Gasteiger partial charge in [0, 0.05) is 22.6 Å². The average Bonchev–Trinajstić information content (AvgIpc) is 3.85. The molecule has 1 heteroatoms. The van der Waals surface area contributed by atoms with Crippen molar-refractivity contribution in [2.45, 2.75) is 11.8 Å². The summed E-state index contributed by atoms with van der Waals surface area (Å²) in [7, 11) is 0. The smallest absolute Gasteiger partial charge is 0.136 e. The van der Waals surface area contributed by atoms with Crippen LogP contribution in [-0.2, 0) is 0 Å². The van der Waals surface area contributed by atoms with Gasteiger partial charge in [-0.3, -0.25) is 0 Å². The second-order valence-electron chi connectivity index (χ2n) is 14.0. The normalized spacial score (nSPS) is 15.5. The Balaban J connectivity index is 1.05. The lowest BCUT2D eigenvalue weighted by Gasteiger charge is -2.18. The summed E-state index contributed by atoms with van der Waals surface area (Å²) >= 11 is 0. The Kier molecular flexibility index (Phi) is 6.15. The molecule has 51 heavy (non-hydrogen) atoms. The molecule has 1 heterocycles. The van der Waals surface area contributed by atoms with Gasteiger partial charge in [-0.05, 0) is 102 Å². The minimum Gasteiger partial charge on any atom is -0.456 e. The summed E-state index contributed by atoms with van der Waals surface area (Å²) in [6.07, 6.45) is 0. The maximum absolute atomic E-state index is 6.27. The van der Waals surface area contributed by atoms with Crippen molar-refractivity contribution in [2.24, 2.45) is 0 Å². The topological polar surface area (TPSA) is 13.1 Å². The second kappa shape index (κ2) is 11.0. The molecule has 0 amide bonds. The summed E-state index contributed by atoms with van der Waals surface area (Å²) in [5, 5.41) is 2.33. The van der Waals surface area contributed by atoms with Gasteiger partial charge in [0.05, 0.1) is 0 Å². The molecule has 0 radical (unpaired) electrons. The molecule has 2 atom stereocenters. The Bertz CT molecular complexity index is 2820. The van der Waals surface area contributed by atoms with E-state index in [1.165, 1.54) is 83.3 Å². The minimum atomic E-state index is 0.132. The van der Waals surface area contributed by atoms with Crippen molar-refractivity contribution >= 4 is 21.9 Å². The van der Waals surface area contributed by atoms with E-state index in [-0.39, 0.29) is 11.8 Å². The van der Waals surface area contributed by atoms with Crippen LogP contribution in [0.5, 0.6) is 0 Å². The number of para-hydroxylation sites is 1. The summed E-state index contributed by atoms with van der Waals surface area (Å²) in [5.41, 5.74) is 20.2. The van der Waals surface area contributed by atoms with Gasteiger partial charge in [0.25, 0.3) is 0 Å². The molecular weight excluding hydrogens is 617 g/mol. The van der Waals surface area contributed by atoms with Crippen molar-refractivity contribution in [3.05, 3.63) is 215 Å². The van der Waals surface area contributed by atoms with Crippen LogP contribution in [0.3, 0.4) is 0 Å². The summed E-state index contributed by atoms with van der Waals surface area (Å²) in [6.45, 7) is 0. The lowest BCUT2D eigenvalue weighted by Crippen LogP contribution is -2.00. The third-order valence-electron chi connectivity index (χ3n) is 11.2. The molecule has 2 unspecified atom stereocenters. The van der Waals surface area contributed by atoms with Crippen molar-refractivity contribution in [3.63, 3.8) is 0 Å². The zero-order chi connectivity index (χ0) is 33.5. The first kappa shape index (κ1) is 28.4. The standard InChI is InChI=1S/C50H32O/c1-2-12-31(13-3-1)48-41-18-6-4-16-37(41)39-26-24-32(29-44(39)48)33-25-27-40-38-17-5-7-19-42(38)49(45(40)30-33)35-15-10-14-34(28-35)36-21-11-23-47-50(36)43-20-8-9-22-46(43)51-47/h1-30,48-49H. The molecule has 2 aliphatic rings. The van der Waals surface area contributed by atoms with Crippen molar-refractivity contribution < 1.29 is 4.42 Å². The first-order valence-electron chi connectivity index (χ1n) is 17.8. The second-order valence-corrected chi connectivity index (χ2v) is 14.0. The lowest BCUT2D eigenvalue weighted by atomic mass is 9.85. The van der Waals surface area contributed by atoms with Crippen LogP contribution in [0, 0.1) is 0 Å². The maximum Gasteiger partial charge on any atom is 0.136 e. The van der Waals surface area contributed by atoms with Gasteiger partial charge < -0.3 is 4.42 Å². The van der Waals surface area contributed by atoms with Gasteiger partial charge in [-0.2, -0.15) is 0 Å². The van der Waals surface area contributed by atoms with E-state index < -0.39 is 0 Å². The molecule has 0 N–H and O–H groups in total. The first-order chi connectivity index (χ1) is 25.3. The third-order valence-corrected chi connectivity index (χ3v) is 11.2. The molecule has 11 rings (SSSR count). The first-order valence-corrected chi connectivity index (χ1v) is 17.8. The number of hydrogen-bond acceptors (Lipinski definition) is 1.